The molecule has 2 aromatic carbocycles. The van der Waals surface area contributed by atoms with Crippen LogP contribution < -0.4 is 10.5 Å². The van der Waals surface area contributed by atoms with Gasteiger partial charge in [-0.25, -0.2) is 8.42 Å². The van der Waals surface area contributed by atoms with E-state index in [1.807, 2.05) is 26.0 Å². The minimum atomic E-state index is -3.71. The van der Waals surface area contributed by atoms with Crippen molar-refractivity contribution < 1.29 is 8.42 Å². The molecule has 4 nitrogen and oxygen atoms in total. The average molecular weight is 390 g/mol. The van der Waals surface area contributed by atoms with Crippen LogP contribution in [0.15, 0.2) is 39.7 Å². The lowest BCUT2D eigenvalue weighted by molar-refractivity contribution is 0.601. The number of anilines is 2. The molecule has 0 unspecified atom stereocenters. The molecule has 0 saturated heterocycles. The Morgan fingerprint density at radius 1 is 1.14 bits per heavy atom. The van der Waals surface area contributed by atoms with E-state index in [9.17, 15) is 8.42 Å². The van der Waals surface area contributed by atoms with Gasteiger partial charge < -0.3 is 5.73 Å². The average Bonchev–Trinajstić information content (AvgIpc) is 2.37. The van der Waals surface area contributed by atoms with Gasteiger partial charge in [0.25, 0.3) is 10.0 Å². The van der Waals surface area contributed by atoms with E-state index in [1.165, 1.54) is 18.2 Å². The highest BCUT2D eigenvalue weighted by Gasteiger charge is 2.17. The first-order chi connectivity index (χ1) is 9.70. The van der Waals surface area contributed by atoms with E-state index in [2.05, 4.69) is 20.7 Å². The Bertz CT molecular complexity index is 784. The lowest BCUT2D eigenvalue weighted by Crippen LogP contribution is -2.15. The molecule has 0 bridgehead atoms. The largest absolute Gasteiger partial charge is 0.397 e. The Balaban J connectivity index is 2.44. The van der Waals surface area contributed by atoms with Gasteiger partial charge in [0.15, 0.2) is 0 Å². The van der Waals surface area contributed by atoms with Crippen LogP contribution in [0, 0.1) is 13.8 Å². The number of hydrogen-bond acceptors (Lipinski definition) is 3. The zero-order valence-electron chi connectivity index (χ0n) is 11.4. The maximum atomic E-state index is 12.4. The third kappa shape index (κ3) is 3.51. The maximum Gasteiger partial charge on any atom is 0.261 e. The summed E-state index contributed by atoms with van der Waals surface area (Å²) in [6.45, 7) is 3.68. The monoisotopic (exact) mass is 388 g/mol. The fraction of sp³-hybridized carbons (Fsp3) is 0.143. The second-order valence-electron chi connectivity index (χ2n) is 4.70. The molecule has 3 N–H and O–H groups in total. The molecule has 0 radical (unpaired) electrons. The molecule has 0 atom stereocenters. The van der Waals surface area contributed by atoms with Crippen LogP contribution in [0.25, 0.3) is 0 Å². The molecule has 0 saturated carbocycles. The fourth-order valence-corrected chi connectivity index (χ4v) is 4.00. The van der Waals surface area contributed by atoms with Gasteiger partial charge >= 0.3 is 0 Å². The molecule has 0 heterocycles. The number of halogens is 2. The summed E-state index contributed by atoms with van der Waals surface area (Å²) >= 11 is 9.19. The molecule has 0 aromatic heterocycles. The Morgan fingerprint density at radius 2 is 1.71 bits per heavy atom. The molecule has 0 spiro atoms. The Kier molecular flexibility index (Phi) is 4.51. The van der Waals surface area contributed by atoms with Crippen LogP contribution in [-0.4, -0.2) is 8.42 Å². The molecule has 21 heavy (non-hydrogen) atoms. The van der Waals surface area contributed by atoms with Crippen molar-refractivity contribution in [2.24, 2.45) is 0 Å². The summed E-state index contributed by atoms with van der Waals surface area (Å²) in [6.07, 6.45) is 0. The van der Waals surface area contributed by atoms with Gasteiger partial charge in [0, 0.05) is 4.47 Å². The number of benzene rings is 2. The van der Waals surface area contributed by atoms with Crippen molar-refractivity contribution >= 4 is 48.9 Å². The van der Waals surface area contributed by atoms with Crippen LogP contribution in [0.4, 0.5) is 11.4 Å². The summed E-state index contributed by atoms with van der Waals surface area (Å²) in [7, 11) is -3.71. The highest BCUT2D eigenvalue weighted by atomic mass is 79.9. The Labute approximate surface area is 137 Å². The number of sulfonamides is 1. The first-order valence-electron chi connectivity index (χ1n) is 6.05. The molecule has 0 fully saturated rings. The molecule has 112 valence electrons. The van der Waals surface area contributed by atoms with Gasteiger partial charge in [-0.05, 0) is 55.3 Å². The van der Waals surface area contributed by atoms with Crippen LogP contribution in [0.5, 0.6) is 0 Å². The predicted octanol–water partition coefficient (Wildman–Crippen LogP) is 4.10. The first-order valence-corrected chi connectivity index (χ1v) is 8.71. The number of nitrogens with two attached hydrogens (primary N) is 1. The zero-order chi connectivity index (χ0) is 15.8. The van der Waals surface area contributed by atoms with Gasteiger partial charge in [-0.1, -0.05) is 27.5 Å². The van der Waals surface area contributed by atoms with Gasteiger partial charge in [-0.3, -0.25) is 4.72 Å². The third-order valence-corrected chi connectivity index (χ3v) is 5.16. The number of rotatable bonds is 3. The van der Waals surface area contributed by atoms with E-state index in [1.54, 1.807) is 0 Å². The third-order valence-electron chi connectivity index (χ3n) is 3.01. The summed E-state index contributed by atoms with van der Waals surface area (Å²) in [5.74, 6) is 0. The molecule has 0 aliphatic carbocycles. The summed E-state index contributed by atoms with van der Waals surface area (Å²) in [6, 6.07) is 7.92. The number of nitrogens with one attached hydrogen (secondary N) is 1. The van der Waals surface area contributed by atoms with Crippen molar-refractivity contribution in [3.8, 4) is 0 Å². The second-order valence-corrected chi connectivity index (χ2v) is 7.71. The summed E-state index contributed by atoms with van der Waals surface area (Å²) in [4.78, 5) is 0.0751. The van der Waals surface area contributed by atoms with Gasteiger partial charge in [-0.2, -0.15) is 0 Å². The lowest BCUT2D eigenvalue weighted by atomic mass is 10.1. The van der Waals surface area contributed by atoms with E-state index in [4.69, 9.17) is 17.3 Å². The molecule has 7 heteroatoms. The molecular formula is C14H14BrClN2O2S. The predicted molar refractivity (Wildman–Crippen MR) is 90.3 cm³/mol. The Morgan fingerprint density at radius 3 is 2.24 bits per heavy atom. The standard InChI is InChI=1S/C14H14BrClN2O2S/c1-8-5-10(15)6-9(2)14(8)18-21(19,20)11-3-4-12(16)13(17)7-11/h3-7,18H,17H2,1-2H3. The molecule has 0 aliphatic heterocycles. The fourth-order valence-electron chi connectivity index (χ4n) is 1.95. The van der Waals surface area contributed by atoms with Crippen LogP contribution in [0.2, 0.25) is 5.02 Å². The van der Waals surface area contributed by atoms with Gasteiger partial charge in [-0.15, -0.1) is 0 Å². The lowest BCUT2D eigenvalue weighted by Gasteiger charge is -2.14. The molecule has 0 aliphatic rings. The highest BCUT2D eigenvalue weighted by Crippen LogP contribution is 2.29. The van der Waals surface area contributed by atoms with Crippen molar-refractivity contribution in [1.29, 1.82) is 0 Å². The smallest absolute Gasteiger partial charge is 0.261 e. The highest BCUT2D eigenvalue weighted by molar-refractivity contribution is 9.10. The first kappa shape index (κ1) is 16.1. The van der Waals surface area contributed by atoms with Gasteiger partial charge in [0.05, 0.1) is 21.3 Å². The van der Waals surface area contributed by atoms with Crippen molar-refractivity contribution in [2.75, 3.05) is 10.5 Å². The van der Waals surface area contributed by atoms with Gasteiger partial charge in [0.2, 0.25) is 0 Å². The maximum absolute atomic E-state index is 12.4. The normalized spacial score (nSPS) is 11.4. The van der Waals surface area contributed by atoms with E-state index in [-0.39, 0.29) is 10.6 Å². The van der Waals surface area contributed by atoms with Crippen molar-refractivity contribution in [1.82, 2.24) is 0 Å². The summed E-state index contributed by atoms with van der Waals surface area (Å²) in [5, 5.41) is 0.324. The minimum Gasteiger partial charge on any atom is -0.397 e. The van der Waals surface area contributed by atoms with Crippen molar-refractivity contribution in [3.63, 3.8) is 0 Å². The Hall–Kier alpha value is -1.24. The summed E-state index contributed by atoms with van der Waals surface area (Å²) in [5.41, 5.74) is 8.10. The topological polar surface area (TPSA) is 72.2 Å². The van der Waals surface area contributed by atoms with Crippen LogP contribution in [0.3, 0.4) is 0 Å². The SMILES string of the molecule is Cc1cc(Br)cc(C)c1NS(=O)(=O)c1ccc(Cl)c(N)c1. The quantitative estimate of drug-likeness (QED) is 0.776. The number of nitrogen functional groups attached to an aromatic ring is 1. The molecule has 2 rings (SSSR count). The van der Waals surface area contributed by atoms with E-state index < -0.39 is 10.0 Å². The van der Waals surface area contributed by atoms with Gasteiger partial charge in [0.1, 0.15) is 0 Å². The second kappa shape index (κ2) is 5.87. The van der Waals surface area contributed by atoms with E-state index >= 15 is 0 Å². The van der Waals surface area contributed by atoms with Crippen LogP contribution >= 0.6 is 27.5 Å². The number of hydrogen-bond donors (Lipinski definition) is 2. The van der Waals surface area contributed by atoms with Crippen LogP contribution in [0.1, 0.15) is 11.1 Å². The van der Waals surface area contributed by atoms with Crippen LogP contribution in [-0.2, 0) is 10.0 Å². The minimum absolute atomic E-state index is 0.0751. The summed E-state index contributed by atoms with van der Waals surface area (Å²) < 4.78 is 28.4. The molecule has 2 aromatic rings. The van der Waals surface area contributed by atoms with E-state index in [0.717, 1.165) is 15.6 Å². The zero-order valence-corrected chi connectivity index (χ0v) is 14.6. The van der Waals surface area contributed by atoms with Crippen molar-refractivity contribution in [2.45, 2.75) is 18.7 Å². The number of aryl methyl sites for hydroxylation is 2. The molecular weight excluding hydrogens is 376 g/mol. The van der Waals surface area contributed by atoms with Crippen molar-refractivity contribution in [3.05, 3.63) is 51.0 Å². The van der Waals surface area contributed by atoms with E-state index in [0.29, 0.717) is 10.7 Å². The molecule has 0 amide bonds.